The van der Waals surface area contributed by atoms with Crippen molar-refractivity contribution in [2.45, 2.75) is 58.3 Å². The number of nitrogens with zero attached hydrogens (tertiary/aromatic N) is 2. The molecule has 2 N–H and O–H groups in total. The number of rotatable bonds is 9. The summed E-state index contributed by atoms with van der Waals surface area (Å²) in [4.78, 5) is 24.4. The Labute approximate surface area is 176 Å². The highest BCUT2D eigenvalue weighted by Crippen LogP contribution is 2.20. The zero-order valence-corrected chi connectivity index (χ0v) is 17.8. The van der Waals surface area contributed by atoms with E-state index < -0.39 is 11.5 Å². The van der Waals surface area contributed by atoms with Crippen molar-refractivity contribution in [3.63, 3.8) is 0 Å². The van der Waals surface area contributed by atoms with Crippen LogP contribution in [0.3, 0.4) is 0 Å². The number of fused-ring (bicyclic) bond motifs is 1. The molecule has 3 rings (SSSR count). The van der Waals surface area contributed by atoms with Crippen LogP contribution in [-0.2, 0) is 28.9 Å². The third kappa shape index (κ3) is 5.13. The maximum atomic E-state index is 12.5. The SMILES string of the molecule is CC(C)OC(C)(Cc1ccc(CCCn2ncc3ccccc3c2=O)cc1)C(N)=O. The number of amides is 1. The Balaban J connectivity index is 1.61. The van der Waals surface area contributed by atoms with Crippen molar-refractivity contribution in [3.8, 4) is 0 Å². The number of aromatic nitrogens is 2. The predicted octanol–water partition coefficient (Wildman–Crippen LogP) is 3.24. The molecule has 0 bridgehead atoms. The molecule has 0 saturated carbocycles. The molecule has 0 aliphatic rings. The Morgan fingerprint density at radius 3 is 2.47 bits per heavy atom. The van der Waals surface area contributed by atoms with Gasteiger partial charge in [-0.2, -0.15) is 5.10 Å². The lowest BCUT2D eigenvalue weighted by molar-refractivity contribution is -0.146. The van der Waals surface area contributed by atoms with E-state index >= 15 is 0 Å². The number of ether oxygens (including phenoxy) is 1. The van der Waals surface area contributed by atoms with Crippen molar-refractivity contribution >= 4 is 16.7 Å². The topological polar surface area (TPSA) is 87.2 Å². The second-order valence-corrected chi connectivity index (χ2v) is 8.12. The van der Waals surface area contributed by atoms with Gasteiger partial charge >= 0.3 is 0 Å². The van der Waals surface area contributed by atoms with Crippen molar-refractivity contribution in [3.05, 3.63) is 76.2 Å². The maximum Gasteiger partial charge on any atom is 0.274 e. The third-order valence-corrected chi connectivity index (χ3v) is 5.18. The van der Waals surface area contributed by atoms with Gasteiger partial charge in [0, 0.05) is 18.4 Å². The minimum Gasteiger partial charge on any atom is -0.367 e. The Bertz CT molecular complexity index is 1070. The number of carbonyl (C=O) groups is 1. The van der Waals surface area contributed by atoms with Crippen LogP contribution >= 0.6 is 0 Å². The van der Waals surface area contributed by atoms with Crippen LogP contribution in [0, 0.1) is 0 Å². The molecule has 0 aliphatic carbocycles. The fraction of sp³-hybridized carbons (Fsp3) is 0.375. The summed E-state index contributed by atoms with van der Waals surface area (Å²) in [5.41, 5.74) is 6.64. The van der Waals surface area contributed by atoms with Crippen molar-refractivity contribution in [2.24, 2.45) is 5.73 Å². The van der Waals surface area contributed by atoms with E-state index in [9.17, 15) is 9.59 Å². The molecule has 0 fully saturated rings. The zero-order valence-electron chi connectivity index (χ0n) is 17.8. The van der Waals surface area contributed by atoms with Crippen LogP contribution in [0.25, 0.3) is 10.8 Å². The van der Waals surface area contributed by atoms with Crippen molar-refractivity contribution in [2.75, 3.05) is 0 Å². The number of hydrogen-bond acceptors (Lipinski definition) is 4. The third-order valence-electron chi connectivity index (χ3n) is 5.18. The second-order valence-electron chi connectivity index (χ2n) is 8.12. The maximum absolute atomic E-state index is 12.5. The van der Waals surface area contributed by atoms with Gasteiger partial charge in [0.15, 0.2) is 0 Å². The minimum absolute atomic E-state index is 0.0562. The van der Waals surface area contributed by atoms with Gasteiger partial charge in [-0.1, -0.05) is 42.5 Å². The monoisotopic (exact) mass is 407 g/mol. The zero-order chi connectivity index (χ0) is 21.7. The standard InChI is InChI=1S/C24H29N3O3/c1-17(2)30-24(3,23(25)29)15-19-12-10-18(11-13-19)7-6-14-27-22(28)21-9-5-4-8-20(21)16-26-27/h4-5,8-13,16-17H,6-7,14-15H2,1-3H3,(H2,25,29). The summed E-state index contributed by atoms with van der Waals surface area (Å²) in [6.07, 6.45) is 3.71. The van der Waals surface area contributed by atoms with Crippen LogP contribution in [0.2, 0.25) is 0 Å². The molecule has 6 nitrogen and oxygen atoms in total. The lowest BCUT2D eigenvalue weighted by Gasteiger charge is -2.29. The van der Waals surface area contributed by atoms with Gasteiger partial charge < -0.3 is 10.5 Å². The highest BCUT2D eigenvalue weighted by molar-refractivity contribution is 5.83. The van der Waals surface area contributed by atoms with E-state index in [1.54, 1.807) is 13.1 Å². The molecule has 6 heteroatoms. The lowest BCUT2D eigenvalue weighted by Crippen LogP contribution is -2.47. The molecule has 0 saturated heterocycles. The summed E-state index contributed by atoms with van der Waals surface area (Å²) < 4.78 is 7.30. The van der Waals surface area contributed by atoms with Crippen LogP contribution in [0.15, 0.2) is 59.5 Å². The summed E-state index contributed by atoms with van der Waals surface area (Å²) in [6, 6.07) is 15.6. The Morgan fingerprint density at radius 2 is 1.80 bits per heavy atom. The Hall–Kier alpha value is -2.99. The van der Waals surface area contributed by atoms with Crippen LogP contribution in [-0.4, -0.2) is 27.4 Å². The molecule has 1 amide bonds. The van der Waals surface area contributed by atoms with Gasteiger partial charge in [-0.05, 0) is 50.8 Å². The van der Waals surface area contributed by atoms with Gasteiger partial charge in [-0.3, -0.25) is 9.59 Å². The summed E-state index contributed by atoms with van der Waals surface area (Å²) in [5, 5.41) is 5.83. The van der Waals surface area contributed by atoms with Crippen LogP contribution in [0.4, 0.5) is 0 Å². The Morgan fingerprint density at radius 1 is 1.13 bits per heavy atom. The number of hydrogen-bond donors (Lipinski definition) is 1. The predicted molar refractivity (Wildman–Crippen MR) is 118 cm³/mol. The van der Waals surface area contributed by atoms with Gasteiger partial charge in [-0.15, -0.1) is 0 Å². The lowest BCUT2D eigenvalue weighted by atomic mass is 9.94. The number of nitrogens with two attached hydrogens (primary N) is 1. The molecule has 30 heavy (non-hydrogen) atoms. The molecule has 0 radical (unpaired) electrons. The van der Waals surface area contributed by atoms with E-state index in [2.05, 4.69) is 5.10 Å². The minimum atomic E-state index is -1.03. The van der Waals surface area contributed by atoms with Gasteiger partial charge in [0.1, 0.15) is 5.60 Å². The van der Waals surface area contributed by atoms with Gasteiger partial charge in [-0.25, -0.2) is 4.68 Å². The van der Waals surface area contributed by atoms with Crippen molar-refractivity contribution < 1.29 is 9.53 Å². The summed E-state index contributed by atoms with van der Waals surface area (Å²) in [7, 11) is 0. The molecule has 2 aromatic carbocycles. The first-order valence-electron chi connectivity index (χ1n) is 10.3. The van der Waals surface area contributed by atoms with Gasteiger partial charge in [0.2, 0.25) is 5.91 Å². The molecular weight excluding hydrogens is 378 g/mol. The second kappa shape index (κ2) is 9.22. The fourth-order valence-electron chi connectivity index (χ4n) is 3.64. The highest BCUT2D eigenvalue weighted by atomic mass is 16.5. The summed E-state index contributed by atoms with van der Waals surface area (Å²) in [6.45, 7) is 6.07. The number of aryl methyl sites for hydroxylation is 2. The number of benzene rings is 2. The van der Waals surface area contributed by atoms with Crippen molar-refractivity contribution in [1.29, 1.82) is 0 Å². The van der Waals surface area contributed by atoms with E-state index in [1.165, 1.54) is 4.68 Å². The van der Waals surface area contributed by atoms with Crippen molar-refractivity contribution in [1.82, 2.24) is 9.78 Å². The molecular formula is C24H29N3O3. The van der Waals surface area contributed by atoms with E-state index in [1.807, 2.05) is 62.4 Å². The normalized spacial score (nSPS) is 13.5. The number of primary amides is 1. The van der Waals surface area contributed by atoms with Gasteiger partial charge in [0.05, 0.1) is 17.7 Å². The molecule has 0 aliphatic heterocycles. The first kappa shape index (κ1) is 21.7. The molecule has 1 atom stereocenters. The van der Waals surface area contributed by atoms with E-state index in [4.69, 9.17) is 10.5 Å². The smallest absolute Gasteiger partial charge is 0.274 e. The first-order chi connectivity index (χ1) is 14.3. The molecule has 158 valence electrons. The summed E-state index contributed by atoms with van der Waals surface area (Å²) >= 11 is 0. The van der Waals surface area contributed by atoms with Crippen LogP contribution in [0.1, 0.15) is 38.3 Å². The Kier molecular flexibility index (Phi) is 6.67. The molecule has 1 heterocycles. The van der Waals surface area contributed by atoms with E-state index in [0.717, 1.165) is 29.4 Å². The molecule has 1 aromatic heterocycles. The van der Waals surface area contributed by atoms with Gasteiger partial charge in [0.25, 0.3) is 5.56 Å². The molecule has 0 spiro atoms. The largest absolute Gasteiger partial charge is 0.367 e. The van der Waals surface area contributed by atoms with E-state index in [-0.39, 0.29) is 11.7 Å². The quantitative estimate of drug-likeness (QED) is 0.590. The summed E-state index contributed by atoms with van der Waals surface area (Å²) in [5.74, 6) is -0.464. The number of carbonyl (C=O) groups excluding carboxylic acids is 1. The van der Waals surface area contributed by atoms with E-state index in [0.29, 0.717) is 18.4 Å². The average Bonchev–Trinajstić information content (AvgIpc) is 2.70. The molecule has 1 unspecified atom stereocenters. The fourth-order valence-corrected chi connectivity index (χ4v) is 3.64. The average molecular weight is 408 g/mol. The highest BCUT2D eigenvalue weighted by Gasteiger charge is 2.33. The van der Waals surface area contributed by atoms with Crippen LogP contribution < -0.4 is 11.3 Å². The first-order valence-corrected chi connectivity index (χ1v) is 10.3. The molecule has 3 aromatic rings. The van der Waals surface area contributed by atoms with Crippen LogP contribution in [0.5, 0.6) is 0 Å².